The molecular weight excluding hydrogens is 638 g/mol. The second-order valence-corrected chi connectivity index (χ2v) is 13.4. The Morgan fingerprint density at radius 3 is 2.36 bits per heavy atom. The van der Waals surface area contributed by atoms with Crippen LogP contribution in [0.4, 0.5) is 11.4 Å². The molecular formula is C39H33N3O8. The fraction of sp³-hybridized carbons (Fsp3) is 0.256. The van der Waals surface area contributed by atoms with Gasteiger partial charge in [0.15, 0.2) is 0 Å². The SMILES string of the molecule is Cc1ccc(NN2C(=O)[C@@H]3C[C@@H]4C(=CC[C@@H]5C(=O)N(c6cccc(C(=O)O)c6)C(=O)[C@@H]54)[C@H](c4ccc(CO)o4)[C@]3(c3ccccc3)C2=O)cc1. The van der Waals surface area contributed by atoms with Crippen molar-refractivity contribution in [1.82, 2.24) is 5.01 Å². The molecule has 3 fully saturated rings. The van der Waals surface area contributed by atoms with Gasteiger partial charge < -0.3 is 14.6 Å². The highest BCUT2D eigenvalue weighted by Gasteiger charge is 2.71. The summed E-state index contributed by atoms with van der Waals surface area (Å²) in [4.78, 5) is 70.9. The van der Waals surface area contributed by atoms with Crippen LogP contribution in [0.25, 0.3) is 0 Å². The zero-order chi connectivity index (χ0) is 34.9. The number of allylic oxidation sites excluding steroid dienone is 2. The Labute approximate surface area is 286 Å². The molecule has 1 aromatic heterocycles. The number of carboxylic acid groups (broad SMARTS) is 1. The maximum Gasteiger partial charge on any atom is 0.335 e. The van der Waals surface area contributed by atoms with E-state index in [1.54, 1.807) is 24.3 Å². The molecule has 4 aliphatic rings. The number of furan rings is 1. The van der Waals surface area contributed by atoms with Crippen molar-refractivity contribution >= 4 is 41.0 Å². The van der Waals surface area contributed by atoms with Crippen molar-refractivity contribution in [2.75, 3.05) is 10.3 Å². The number of amides is 4. The molecule has 3 N–H and O–H groups in total. The van der Waals surface area contributed by atoms with Crippen molar-refractivity contribution in [2.45, 2.75) is 37.7 Å². The van der Waals surface area contributed by atoms with E-state index in [1.807, 2.05) is 55.5 Å². The number of benzene rings is 3. The first-order valence-electron chi connectivity index (χ1n) is 16.5. The number of fused-ring (bicyclic) bond motifs is 4. The van der Waals surface area contributed by atoms with Crippen LogP contribution in [0.1, 0.15) is 51.8 Å². The van der Waals surface area contributed by atoms with Crippen molar-refractivity contribution in [1.29, 1.82) is 0 Å². The summed E-state index contributed by atoms with van der Waals surface area (Å²) in [5.41, 5.74) is 4.55. The monoisotopic (exact) mass is 671 g/mol. The van der Waals surface area contributed by atoms with E-state index in [1.165, 1.54) is 24.3 Å². The number of nitrogens with one attached hydrogen (secondary N) is 1. The summed E-state index contributed by atoms with van der Waals surface area (Å²) >= 11 is 0. The second-order valence-electron chi connectivity index (χ2n) is 13.4. The lowest BCUT2D eigenvalue weighted by atomic mass is 9.50. The third kappa shape index (κ3) is 4.50. The van der Waals surface area contributed by atoms with E-state index < -0.39 is 64.6 Å². The van der Waals surface area contributed by atoms with Crippen molar-refractivity contribution in [3.63, 3.8) is 0 Å². The molecule has 4 amide bonds. The van der Waals surface area contributed by atoms with Crippen LogP contribution >= 0.6 is 0 Å². The highest BCUT2D eigenvalue weighted by atomic mass is 16.4. The van der Waals surface area contributed by atoms with Gasteiger partial charge in [-0.15, -0.1) is 0 Å². The van der Waals surface area contributed by atoms with Crippen LogP contribution in [0.3, 0.4) is 0 Å². The number of imide groups is 2. The van der Waals surface area contributed by atoms with Crippen LogP contribution < -0.4 is 10.3 Å². The summed E-state index contributed by atoms with van der Waals surface area (Å²) in [6.45, 7) is 1.55. The Balaban J connectivity index is 1.29. The zero-order valence-electron chi connectivity index (χ0n) is 27.0. The molecule has 4 aromatic rings. The molecule has 0 bridgehead atoms. The number of carbonyl (C=O) groups excluding carboxylic acids is 4. The van der Waals surface area contributed by atoms with Gasteiger partial charge in [0.2, 0.25) is 11.8 Å². The van der Waals surface area contributed by atoms with Gasteiger partial charge in [0.1, 0.15) is 23.5 Å². The lowest BCUT2D eigenvalue weighted by Gasteiger charge is -2.49. The van der Waals surface area contributed by atoms with Gasteiger partial charge >= 0.3 is 5.97 Å². The fourth-order valence-electron chi connectivity index (χ4n) is 8.72. The van der Waals surface area contributed by atoms with Crippen LogP contribution in [-0.2, 0) is 31.2 Å². The molecule has 252 valence electrons. The number of hydrazine groups is 1. The Bertz CT molecular complexity index is 2100. The van der Waals surface area contributed by atoms with E-state index in [-0.39, 0.29) is 36.5 Å². The van der Waals surface area contributed by atoms with E-state index >= 15 is 4.79 Å². The zero-order valence-corrected chi connectivity index (χ0v) is 27.0. The van der Waals surface area contributed by atoms with Gasteiger partial charge in [-0.1, -0.05) is 65.7 Å². The first-order valence-corrected chi connectivity index (χ1v) is 16.5. The molecule has 2 saturated heterocycles. The van der Waals surface area contributed by atoms with Crippen LogP contribution in [0.2, 0.25) is 0 Å². The summed E-state index contributed by atoms with van der Waals surface area (Å²) < 4.78 is 6.20. The molecule has 0 spiro atoms. The van der Waals surface area contributed by atoms with Crippen molar-refractivity contribution in [3.05, 3.63) is 131 Å². The van der Waals surface area contributed by atoms with Crippen LogP contribution in [0.15, 0.2) is 107 Å². The first-order chi connectivity index (χ1) is 24.1. The third-order valence-corrected chi connectivity index (χ3v) is 10.9. The Morgan fingerprint density at radius 1 is 0.900 bits per heavy atom. The molecule has 3 aromatic carbocycles. The number of hydrogen-bond acceptors (Lipinski definition) is 8. The number of aryl methyl sites for hydroxylation is 1. The number of carbonyl (C=O) groups is 5. The molecule has 6 atom stereocenters. The maximum absolute atomic E-state index is 15.1. The number of hydrogen-bond donors (Lipinski definition) is 3. The van der Waals surface area contributed by atoms with Gasteiger partial charge in [0, 0.05) is 0 Å². The first kappa shape index (κ1) is 31.5. The van der Waals surface area contributed by atoms with E-state index in [0.717, 1.165) is 15.5 Å². The summed E-state index contributed by atoms with van der Waals surface area (Å²) in [6.07, 6.45) is 2.21. The summed E-state index contributed by atoms with van der Waals surface area (Å²) in [5.74, 6) is -6.46. The standard InChI is InChI=1S/C39H33N3O8/c1-21-10-12-24(13-11-21)40-42-35(45)30-19-29-27(15-16-28-32(29)36(46)41(34(28)44)25-9-5-6-22(18-25)37(47)48)33(31-17-14-26(20-43)50-31)39(30,38(42)49)23-7-3-2-4-8-23/h2-15,17-18,28-30,32-33,40,43H,16,19-20H2,1H3,(H,47,48)/t28-,29+,30-,32-,33+,39+/m0/s1. The van der Waals surface area contributed by atoms with Gasteiger partial charge in [0.05, 0.1) is 40.6 Å². The van der Waals surface area contributed by atoms with Gasteiger partial charge in [0.25, 0.3) is 11.8 Å². The Morgan fingerprint density at radius 2 is 1.66 bits per heavy atom. The topological polar surface area (TPSA) is 157 Å². The molecule has 0 unspecified atom stereocenters. The molecule has 2 aliphatic heterocycles. The Hall–Kier alpha value is -5.81. The third-order valence-electron chi connectivity index (χ3n) is 10.9. The lowest BCUT2D eigenvalue weighted by Crippen LogP contribution is -2.53. The quantitative estimate of drug-likeness (QED) is 0.182. The summed E-state index contributed by atoms with van der Waals surface area (Å²) in [7, 11) is 0. The summed E-state index contributed by atoms with van der Waals surface area (Å²) in [5, 5.41) is 20.6. The molecule has 8 rings (SSSR count). The molecule has 2 aliphatic carbocycles. The second kappa shape index (κ2) is 11.7. The average molecular weight is 672 g/mol. The highest BCUT2D eigenvalue weighted by molar-refractivity contribution is 6.23. The van der Waals surface area contributed by atoms with Crippen LogP contribution in [0, 0.1) is 30.6 Å². The summed E-state index contributed by atoms with van der Waals surface area (Å²) in [6, 6.07) is 25.5. The predicted molar refractivity (Wildman–Crippen MR) is 179 cm³/mol. The van der Waals surface area contributed by atoms with E-state index in [4.69, 9.17) is 4.42 Å². The van der Waals surface area contributed by atoms with Crippen molar-refractivity contribution in [2.24, 2.45) is 23.7 Å². The fourth-order valence-corrected chi connectivity index (χ4v) is 8.72. The van der Waals surface area contributed by atoms with Gasteiger partial charge in [-0.05, 0) is 73.7 Å². The van der Waals surface area contributed by atoms with Crippen molar-refractivity contribution in [3.8, 4) is 0 Å². The minimum absolute atomic E-state index is 0.0594. The maximum atomic E-state index is 15.1. The van der Waals surface area contributed by atoms with Gasteiger partial charge in [-0.3, -0.25) is 29.5 Å². The number of nitrogens with zero attached hydrogens (tertiary/aromatic N) is 2. The number of anilines is 2. The minimum atomic E-state index is -1.49. The molecule has 11 heteroatoms. The number of rotatable bonds is 7. The van der Waals surface area contributed by atoms with E-state index in [9.17, 15) is 29.4 Å². The predicted octanol–water partition coefficient (Wildman–Crippen LogP) is 4.97. The van der Waals surface area contributed by atoms with Crippen LogP contribution in [0.5, 0.6) is 0 Å². The van der Waals surface area contributed by atoms with Crippen LogP contribution in [-0.4, -0.2) is 44.8 Å². The highest BCUT2D eigenvalue weighted by Crippen LogP contribution is 2.64. The lowest BCUT2D eigenvalue weighted by molar-refractivity contribution is -0.138. The van der Waals surface area contributed by atoms with E-state index in [0.29, 0.717) is 22.6 Å². The van der Waals surface area contributed by atoms with Gasteiger partial charge in [-0.2, -0.15) is 5.01 Å². The molecule has 0 radical (unpaired) electrons. The largest absolute Gasteiger partial charge is 0.478 e. The molecule has 11 nitrogen and oxygen atoms in total. The van der Waals surface area contributed by atoms with Crippen molar-refractivity contribution < 1.29 is 38.6 Å². The number of aromatic carboxylic acids is 1. The normalized spacial score (nSPS) is 27.2. The smallest absolute Gasteiger partial charge is 0.335 e. The van der Waals surface area contributed by atoms with Gasteiger partial charge in [-0.25, -0.2) is 4.79 Å². The number of aliphatic hydroxyl groups is 1. The number of carboxylic acids is 1. The molecule has 3 heterocycles. The Kier molecular flexibility index (Phi) is 7.34. The average Bonchev–Trinajstić information content (AvgIpc) is 3.77. The van der Waals surface area contributed by atoms with E-state index in [2.05, 4.69) is 5.43 Å². The number of aliphatic hydroxyl groups excluding tert-OH is 1. The molecule has 50 heavy (non-hydrogen) atoms. The minimum Gasteiger partial charge on any atom is -0.478 e. The molecule has 1 saturated carbocycles.